The first-order valence-corrected chi connectivity index (χ1v) is 12.3. The van der Waals surface area contributed by atoms with Crippen LogP contribution in [0, 0.1) is 17.1 Å². The fraction of sp³-hybridized carbons (Fsp3) is 0.500. The van der Waals surface area contributed by atoms with Crippen molar-refractivity contribution >= 4 is 16.0 Å². The van der Waals surface area contributed by atoms with E-state index in [1.165, 1.54) is 28.7 Å². The number of nitrogens with one attached hydrogen (secondary N) is 1. The van der Waals surface area contributed by atoms with Gasteiger partial charge in [0.15, 0.2) is 0 Å². The number of nitriles is 1. The highest BCUT2D eigenvalue weighted by atomic mass is 32.2. The van der Waals surface area contributed by atoms with E-state index < -0.39 is 27.5 Å². The van der Waals surface area contributed by atoms with Crippen molar-refractivity contribution in [3.8, 4) is 11.9 Å². The number of halogens is 1. The number of hydrogen-bond donors (Lipinski definition) is 2. The van der Waals surface area contributed by atoms with Crippen LogP contribution < -0.4 is 10.1 Å². The molecule has 2 aliphatic rings. The van der Waals surface area contributed by atoms with Crippen LogP contribution in [0.2, 0.25) is 0 Å². The Morgan fingerprint density at radius 1 is 1.30 bits per heavy atom. The van der Waals surface area contributed by atoms with Crippen LogP contribution >= 0.6 is 0 Å². The Bertz CT molecular complexity index is 1160. The van der Waals surface area contributed by atoms with E-state index in [2.05, 4.69) is 15.3 Å². The fourth-order valence-corrected chi connectivity index (χ4v) is 5.79. The van der Waals surface area contributed by atoms with Crippen LogP contribution in [0.1, 0.15) is 44.6 Å². The zero-order valence-corrected chi connectivity index (χ0v) is 19.1. The summed E-state index contributed by atoms with van der Waals surface area (Å²) >= 11 is 0. The van der Waals surface area contributed by atoms with Crippen molar-refractivity contribution in [2.45, 2.75) is 61.7 Å². The van der Waals surface area contributed by atoms with Gasteiger partial charge in [-0.15, -0.1) is 0 Å². The van der Waals surface area contributed by atoms with Crippen LogP contribution in [0.3, 0.4) is 0 Å². The van der Waals surface area contributed by atoms with Gasteiger partial charge in [0.05, 0.1) is 11.8 Å². The van der Waals surface area contributed by atoms with Gasteiger partial charge in [-0.25, -0.2) is 17.8 Å². The first-order chi connectivity index (χ1) is 15.7. The minimum Gasteiger partial charge on any atom is -0.470 e. The van der Waals surface area contributed by atoms with E-state index in [0.29, 0.717) is 25.7 Å². The standard InChI is InChI=1S/C22H26FN5O4S/c1-22(29)10-4-7-19(22)32-20-15(13-24)14-25-21(27-20)26-16-8-11-28(12-9-16)33(30,31)18-6-3-2-5-17(18)23/h2-3,5-6,14,16,19,29H,4,7-12H2,1H3,(H,25,26,27)/t19-,22+/m0/s1. The zero-order valence-electron chi connectivity index (χ0n) is 18.2. The molecule has 2 atom stereocenters. The van der Waals surface area contributed by atoms with Crippen molar-refractivity contribution in [3.05, 3.63) is 41.8 Å². The number of anilines is 1. The molecule has 1 aromatic carbocycles. The lowest BCUT2D eigenvalue weighted by Gasteiger charge is -2.31. The fourth-order valence-electron chi connectivity index (χ4n) is 4.26. The van der Waals surface area contributed by atoms with Gasteiger partial charge in [0.1, 0.15) is 28.4 Å². The Morgan fingerprint density at radius 3 is 2.67 bits per heavy atom. The summed E-state index contributed by atoms with van der Waals surface area (Å²) in [5.41, 5.74) is -0.809. The smallest absolute Gasteiger partial charge is 0.245 e. The predicted octanol–water partition coefficient (Wildman–Crippen LogP) is 2.43. The van der Waals surface area contributed by atoms with Crippen molar-refractivity contribution < 1.29 is 22.7 Å². The van der Waals surface area contributed by atoms with Crippen molar-refractivity contribution in [1.82, 2.24) is 14.3 Å². The summed E-state index contributed by atoms with van der Waals surface area (Å²) < 4.78 is 46.7. The molecule has 33 heavy (non-hydrogen) atoms. The van der Waals surface area contributed by atoms with E-state index in [-0.39, 0.29) is 41.4 Å². The van der Waals surface area contributed by atoms with E-state index in [4.69, 9.17) is 4.74 Å². The average molecular weight is 476 g/mol. The highest BCUT2D eigenvalue weighted by Crippen LogP contribution is 2.33. The molecule has 1 saturated carbocycles. The van der Waals surface area contributed by atoms with Gasteiger partial charge in [0.25, 0.3) is 0 Å². The van der Waals surface area contributed by atoms with Gasteiger partial charge in [0.2, 0.25) is 21.9 Å². The molecule has 1 aromatic heterocycles. The van der Waals surface area contributed by atoms with E-state index in [0.717, 1.165) is 12.5 Å². The van der Waals surface area contributed by atoms with Crippen LogP contribution in [0.15, 0.2) is 35.4 Å². The molecule has 0 radical (unpaired) electrons. The third-order valence-corrected chi connectivity index (χ3v) is 8.14. The van der Waals surface area contributed by atoms with Crippen LogP contribution in [-0.4, -0.2) is 58.6 Å². The Kier molecular flexibility index (Phi) is 6.52. The molecule has 2 fully saturated rings. The topological polar surface area (TPSA) is 128 Å². The molecule has 0 unspecified atom stereocenters. The molecule has 0 bridgehead atoms. The molecule has 1 aliphatic carbocycles. The van der Waals surface area contributed by atoms with Gasteiger partial charge in [-0.05, 0) is 51.2 Å². The molecule has 1 aliphatic heterocycles. The zero-order chi connectivity index (χ0) is 23.6. The molecule has 176 valence electrons. The quantitative estimate of drug-likeness (QED) is 0.652. The third-order valence-electron chi connectivity index (χ3n) is 6.21. The number of aliphatic hydroxyl groups is 1. The minimum absolute atomic E-state index is 0.104. The maximum atomic E-state index is 14.0. The molecule has 4 rings (SSSR count). The largest absolute Gasteiger partial charge is 0.470 e. The van der Waals surface area contributed by atoms with E-state index in [1.807, 2.05) is 6.07 Å². The molecule has 2 heterocycles. The second-order valence-electron chi connectivity index (χ2n) is 8.63. The van der Waals surface area contributed by atoms with E-state index in [9.17, 15) is 23.2 Å². The number of ether oxygens (including phenoxy) is 1. The van der Waals surface area contributed by atoms with Gasteiger partial charge in [-0.1, -0.05) is 12.1 Å². The first kappa shape index (κ1) is 23.4. The van der Waals surface area contributed by atoms with Crippen LogP contribution in [-0.2, 0) is 10.0 Å². The molecule has 2 aromatic rings. The second-order valence-corrected chi connectivity index (χ2v) is 10.5. The maximum absolute atomic E-state index is 14.0. The lowest BCUT2D eigenvalue weighted by atomic mass is 10.0. The number of hydrogen-bond acceptors (Lipinski definition) is 8. The summed E-state index contributed by atoms with van der Waals surface area (Å²) in [4.78, 5) is 8.18. The highest BCUT2D eigenvalue weighted by molar-refractivity contribution is 7.89. The second kappa shape index (κ2) is 9.21. The predicted molar refractivity (Wildman–Crippen MR) is 117 cm³/mol. The van der Waals surface area contributed by atoms with Gasteiger partial charge in [-0.3, -0.25) is 0 Å². The normalized spacial score (nSPS) is 24.4. The number of piperidine rings is 1. The Labute approximate surface area is 192 Å². The average Bonchev–Trinajstić information content (AvgIpc) is 3.12. The Balaban J connectivity index is 1.41. The number of benzene rings is 1. The lowest BCUT2D eigenvalue weighted by Crippen LogP contribution is -2.42. The summed E-state index contributed by atoms with van der Waals surface area (Å²) in [6.45, 7) is 2.15. The molecule has 0 amide bonds. The molecular weight excluding hydrogens is 449 g/mol. The monoisotopic (exact) mass is 475 g/mol. The van der Waals surface area contributed by atoms with Gasteiger partial charge in [-0.2, -0.15) is 14.6 Å². The van der Waals surface area contributed by atoms with Crippen molar-refractivity contribution in [3.63, 3.8) is 0 Å². The molecule has 1 saturated heterocycles. The number of nitrogens with zero attached hydrogens (tertiary/aromatic N) is 4. The van der Waals surface area contributed by atoms with E-state index >= 15 is 0 Å². The summed E-state index contributed by atoms with van der Waals surface area (Å²) in [5, 5.41) is 23.0. The SMILES string of the molecule is C[C@@]1(O)CCC[C@@H]1Oc1nc(NC2CCN(S(=O)(=O)c3ccccc3F)CC2)ncc1C#N. The number of sulfonamides is 1. The Morgan fingerprint density at radius 2 is 2.03 bits per heavy atom. The Hall–Kier alpha value is -2.81. The van der Waals surface area contributed by atoms with Gasteiger partial charge >= 0.3 is 0 Å². The minimum atomic E-state index is -3.91. The van der Waals surface area contributed by atoms with Gasteiger partial charge < -0.3 is 15.2 Å². The number of rotatable bonds is 6. The molecule has 11 heteroatoms. The van der Waals surface area contributed by atoms with Crippen molar-refractivity contribution in [2.75, 3.05) is 18.4 Å². The third kappa shape index (κ3) is 4.93. The first-order valence-electron chi connectivity index (χ1n) is 10.9. The number of aromatic nitrogens is 2. The maximum Gasteiger partial charge on any atom is 0.245 e. The molecule has 2 N–H and O–H groups in total. The van der Waals surface area contributed by atoms with Crippen molar-refractivity contribution in [2.24, 2.45) is 0 Å². The summed E-state index contributed by atoms with van der Waals surface area (Å²) in [5.74, 6) is -0.392. The molecular formula is C22H26FN5O4S. The van der Waals surface area contributed by atoms with Crippen molar-refractivity contribution in [1.29, 1.82) is 5.26 Å². The summed E-state index contributed by atoms with van der Waals surface area (Å²) in [7, 11) is -3.91. The molecule has 0 spiro atoms. The highest BCUT2D eigenvalue weighted by Gasteiger charge is 2.39. The summed E-state index contributed by atoms with van der Waals surface area (Å²) in [6.07, 6.45) is 3.97. The summed E-state index contributed by atoms with van der Waals surface area (Å²) in [6, 6.07) is 7.25. The van der Waals surface area contributed by atoms with E-state index in [1.54, 1.807) is 6.92 Å². The molecule has 9 nitrogen and oxygen atoms in total. The van der Waals surface area contributed by atoms with Crippen LogP contribution in [0.5, 0.6) is 5.88 Å². The van der Waals surface area contributed by atoms with Crippen LogP contribution in [0.25, 0.3) is 0 Å². The van der Waals surface area contributed by atoms with Crippen LogP contribution in [0.4, 0.5) is 10.3 Å². The van der Waals surface area contributed by atoms with Gasteiger partial charge in [0, 0.05) is 19.1 Å². The lowest BCUT2D eigenvalue weighted by molar-refractivity contribution is -0.0271.